The van der Waals surface area contributed by atoms with Crippen LogP contribution in [0.2, 0.25) is 0 Å². The highest BCUT2D eigenvalue weighted by atomic mass is 14.8. The number of aromatic nitrogens is 1. The molecule has 32 heavy (non-hydrogen) atoms. The van der Waals surface area contributed by atoms with Crippen molar-refractivity contribution in [2.45, 2.75) is 6.42 Å². The van der Waals surface area contributed by atoms with Crippen molar-refractivity contribution in [3.05, 3.63) is 125 Å². The second-order valence-electron chi connectivity index (χ2n) is 8.52. The predicted molar refractivity (Wildman–Crippen MR) is 133 cm³/mol. The summed E-state index contributed by atoms with van der Waals surface area (Å²) in [6.07, 6.45) is 5.16. The van der Waals surface area contributed by atoms with Crippen LogP contribution in [0.3, 0.4) is 0 Å². The first-order valence-corrected chi connectivity index (χ1v) is 11.0. The number of hydrogen-bond acceptors (Lipinski definition) is 1. The minimum absolute atomic E-state index is 0.987. The lowest BCUT2D eigenvalue weighted by molar-refractivity contribution is 1.26. The average Bonchev–Trinajstić information content (AvgIpc) is 3.55. The van der Waals surface area contributed by atoms with Gasteiger partial charge >= 0.3 is 0 Å². The van der Waals surface area contributed by atoms with Crippen LogP contribution in [0, 0.1) is 0 Å². The van der Waals surface area contributed by atoms with E-state index in [2.05, 4.69) is 102 Å². The van der Waals surface area contributed by atoms with Crippen molar-refractivity contribution in [2.24, 2.45) is 4.99 Å². The number of fused-ring (bicyclic) bond motifs is 5. The van der Waals surface area contributed by atoms with Crippen molar-refractivity contribution < 1.29 is 0 Å². The van der Waals surface area contributed by atoms with Gasteiger partial charge in [0.15, 0.2) is 0 Å². The van der Waals surface area contributed by atoms with Crippen LogP contribution >= 0.6 is 0 Å². The lowest BCUT2D eigenvalue weighted by Crippen LogP contribution is -1.95. The number of aromatic amines is 1. The van der Waals surface area contributed by atoms with Crippen LogP contribution in [-0.2, 0) is 6.42 Å². The van der Waals surface area contributed by atoms with Crippen LogP contribution in [0.25, 0.3) is 33.2 Å². The summed E-state index contributed by atoms with van der Waals surface area (Å²) in [6.45, 7) is 0. The van der Waals surface area contributed by atoms with Gasteiger partial charge in [-0.1, -0.05) is 78.9 Å². The second-order valence-corrected chi connectivity index (χ2v) is 8.52. The van der Waals surface area contributed by atoms with E-state index >= 15 is 0 Å². The number of para-hydroxylation sites is 2. The standard InChI is InChI=1S/C30H20N2/c1-2-8-22-19(7-1)15-21-16-20(13-14-23(21)22)30(26-17-31-28-11-5-3-9-24(26)28)27-18-32-29-12-6-4-10-25(27)29/h1-14,16-18,31H,15H2. The van der Waals surface area contributed by atoms with Crippen LogP contribution in [0.5, 0.6) is 0 Å². The monoisotopic (exact) mass is 408 g/mol. The number of hydrogen-bond donors (Lipinski definition) is 1. The van der Waals surface area contributed by atoms with Gasteiger partial charge < -0.3 is 4.98 Å². The van der Waals surface area contributed by atoms with E-state index < -0.39 is 0 Å². The van der Waals surface area contributed by atoms with Gasteiger partial charge in [-0.25, -0.2) is 0 Å². The van der Waals surface area contributed by atoms with E-state index in [-0.39, 0.29) is 0 Å². The van der Waals surface area contributed by atoms with Crippen molar-refractivity contribution in [3.8, 4) is 11.1 Å². The fourth-order valence-electron chi connectivity index (χ4n) is 5.25. The normalized spacial score (nSPS) is 15.0. The Morgan fingerprint density at radius 1 is 0.719 bits per heavy atom. The van der Waals surface area contributed by atoms with Gasteiger partial charge in [-0.2, -0.15) is 0 Å². The van der Waals surface area contributed by atoms with Gasteiger partial charge in [0.25, 0.3) is 0 Å². The van der Waals surface area contributed by atoms with Gasteiger partial charge in [0.05, 0.1) is 5.69 Å². The fourth-order valence-corrected chi connectivity index (χ4v) is 5.25. The van der Waals surface area contributed by atoms with Crippen LogP contribution in [-0.4, -0.2) is 11.2 Å². The Labute approximate surface area is 186 Å². The molecular formula is C30H20N2. The van der Waals surface area contributed by atoms with Gasteiger partial charge in [0.2, 0.25) is 0 Å². The molecule has 0 spiro atoms. The quantitative estimate of drug-likeness (QED) is 0.309. The minimum atomic E-state index is 0.987. The van der Waals surface area contributed by atoms with E-state index in [0.717, 1.165) is 17.6 Å². The second kappa shape index (κ2) is 6.66. The number of benzene rings is 4. The van der Waals surface area contributed by atoms with Gasteiger partial charge in [0.1, 0.15) is 0 Å². The van der Waals surface area contributed by atoms with Gasteiger partial charge in [-0.15, -0.1) is 0 Å². The summed E-state index contributed by atoms with van der Waals surface area (Å²) < 4.78 is 0. The maximum absolute atomic E-state index is 4.73. The van der Waals surface area contributed by atoms with E-state index in [1.165, 1.54) is 55.5 Å². The zero-order valence-electron chi connectivity index (χ0n) is 17.5. The summed E-state index contributed by atoms with van der Waals surface area (Å²) in [4.78, 5) is 8.20. The zero-order chi connectivity index (χ0) is 21.1. The van der Waals surface area contributed by atoms with Crippen molar-refractivity contribution in [3.63, 3.8) is 0 Å². The van der Waals surface area contributed by atoms with Crippen LogP contribution < -0.4 is 0 Å². The largest absolute Gasteiger partial charge is 0.361 e. The molecule has 7 rings (SSSR count). The molecule has 0 unspecified atom stereocenters. The van der Waals surface area contributed by atoms with Crippen LogP contribution in [0.15, 0.2) is 102 Å². The summed E-state index contributed by atoms with van der Waals surface area (Å²) in [5.74, 6) is 0. The SMILES string of the molecule is C1=Nc2ccccc2C1=C(c1ccc2c(c1)Cc1ccccc1-2)c1c[nH]c2ccccc12. The molecule has 1 N–H and O–H groups in total. The highest BCUT2D eigenvalue weighted by molar-refractivity contribution is 6.27. The van der Waals surface area contributed by atoms with E-state index in [9.17, 15) is 0 Å². The van der Waals surface area contributed by atoms with Crippen LogP contribution in [0.1, 0.15) is 27.8 Å². The molecule has 4 aromatic carbocycles. The molecule has 2 nitrogen and oxygen atoms in total. The van der Waals surface area contributed by atoms with Crippen molar-refractivity contribution in [1.82, 2.24) is 4.98 Å². The number of aliphatic imine (C=N–C) groups is 1. The Morgan fingerprint density at radius 2 is 1.50 bits per heavy atom. The molecule has 0 saturated carbocycles. The van der Waals surface area contributed by atoms with E-state index in [1.807, 2.05) is 6.21 Å². The predicted octanol–water partition coefficient (Wildman–Crippen LogP) is 7.41. The molecule has 2 aliphatic rings. The Kier molecular flexibility index (Phi) is 3.65. The Hall–Kier alpha value is -4.17. The van der Waals surface area contributed by atoms with Gasteiger partial charge in [0, 0.05) is 45.6 Å². The molecule has 150 valence electrons. The van der Waals surface area contributed by atoms with Crippen molar-refractivity contribution in [2.75, 3.05) is 0 Å². The smallest absolute Gasteiger partial charge is 0.0709 e. The molecule has 2 heterocycles. The van der Waals surface area contributed by atoms with Gasteiger partial charge in [-0.05, 0) is 46.4 Å². The topological polar surface area (TPSA) is 28.1 Å². The third-order valence-electron chi connectivity index (χ3n) is 6.74. The highest BCUT2D eigenvalue weighted by Crippen LogP contribution is 2.43. The molecule has 1 aliphatic heterocycles. The molecule has 0 amide bonds. The number of H-pyrrole nitrogens is 1. The molecule has 0 radical (unpaired) electrons. The molecular weight excluding hydrogens is 388 g/mol. The van der Waals surface area contributed by atoms with Crippen molar-refractivity contribution >= 4 is 34.0 Å². The highest BCUT2D eigenvalue weighted by Gasteiger charge is 2.23. The maximum atomic E-state index is 4.73. The van der Waals surface area contributed by atoms with E-state index in [0.29, 0.717) is 0 Å². The lowest BCUT2D eigenvalue weighted by Gasteiger charge is -2.14. The lowest BCUT2D eigenvalue weighted by atomic mass is 9.88. The summed E-state index contributed by atoms with van der Waals surface area (Å²) in [6, 6.07) is 32.6. The Morgan fingerprint density at radius 3 is 2.47 bits per heavy atom. The zero-order valence-corrected chi connectivity index (χ0v) is 17.5. The molecule has 0 bridgehead atoms. The van der Waals surface area contributed by atoms with Gasteiger partial charge in [-0.3, -0.25) is 4.99 Å². The van der Waals surface area contributed by atoms with Crippen molar-refractivity contribution in [1.29, 1.82) is 0 Å². The number of nitrogens with zero attached hydrogens (tertiary/aromatic N) is 1. The summed E-state index contributed by atoms with van der Waals surface area (Å²) >= 11 is 0. The van der Waals surface area contributed by atoms with Crippen LogP contribution in [0.4, 0.5) is 5.69 Å². The minimum Gasteiger partial charge on any atom is -0.361 e. The summed E-state index contributed by atoms with van der Waals surface area (Å²) in [5.41, 5.74) is 13.8. The fraction of sp³-hybridized carbons (Fsp3) is 0.0333. The first-order valence-electron chi connectivity index (χ1n) is 11.0. The number of nitrogens with one attached hydrogen (secondary N) is 1. The third-order valence-corrected chi connectivity index (χ3v) is 6.74. The maximum Gasteiger partial charge on any atom is 0.0709 e. The first kappa shape index (κ1) is 17.5. The number of allylic oxidation sites excluding steroid dienone is 1. The molecule has 1 aromatic heterocycles. The third kappa shape index (κ3) is 2.50. The van der Waals surface area contributed by atoms with E-state index in [4.69, 9.17) is 4.99 Å². The molecule has 0 fully saturated rings. The molecule has 5 aromatic rings. The molecule has 1 aliphatic carbocycles. The summed E-state index contributed by atoms with van der Waals surface area (Å²) in [5, 5.41) is 1.23. The molecule has 0 saturated heterocycles. The Bertz CT molecular complexity index is 1600. The average molecular weight is 409 g/mol. The summed E-state index contributed by atoms with van der Waals surface area (Å²) in [7, 11) is 0. The molecule has 2 heteroatoms. The molecule has 0 atom stereocenters. The Balaban J connectivity index is 1.50. The number of rotatable bonds is 2. The first-order chi connectivity index (χ1) is 15.9. The van der Waals surface area contributed by atoms with E-state index in [1.54, 1.807) is 0 Å².